The van der Waals surface area contributed by atoms with E-state index in [9.17, 15) is 0 Å². The van der Waals surface area contributed by atoms with E-state index in [4.69, 9.17) is 11.6 Å². The van der Waals surface area contributed by atoms with Crippen molar-refractivity contribution in [3.05, 3.63) is 58.6 Å². The largest absolute Gasteiger partial charge is 0.341 e. The Morgan fingerprint density at radius 1 is 1.00 bits per heavy atom. The molecule has 0 bridgehead atoms. The third-order valence-electron chi connectivity index (χ3n) is 3.66. The van der Waals surface area contributed by atoms with E-state index < -0.39 is 0 Å². The molecule has 0 aliphatic heterocycles. The molecule has 3 heteroatoms. The van der Waals surface area contributed by atoms with Crippen LogP contribution < -0.4 is 10.2 Å². The topological polar surface area (TPSA) is 15.3 Å². The summed E-state index contributed by atoms with van der Waals surface area (Å²) in [5.74, 6) is 0. The van der Waals surface area contributed by atoms with E-state index in [0.717, 1.165) is 30.2 Å². The Kier molecular flexibility index (Phi) is 5.66. The molecule has 21 heavy (non-hydrogen) atoms. The molecule has 0 radical (unpaired) electrons. The smallest absolute Gasteiger partial charge is 0.0471 e. The zero-order valence-corrected chi connectivity index (χ0v) is 13.7. The quantitative estimate of drug-likeness (QED) is 0.815. The van der Waals surface area contributed by atoms with E-state index in [-0.39, 0.29) is 0 Å². The molecule has 0 spiro atoms. The summed E-state index contributed by atoms with van der Waals surface area (Å²) in [6.45, 7) is 9.05. The molecule has 112 valence electrons. The summed E-state index contributed by atoms with van der Waals surface area (Å²) in [7, 11) is 0. The second-order valence-corrected chi connectivity index (χ2v) is 5.46. The summed E-state index contributed by atoms with van der Waals surface area (Å²) in [5, 5.41) is 4.20. The number of hydrogen-bond acceptors (Lipinski definition) is 2. The number of anilines is 2. The van der Waals surface area contributed by atoms with Gasteiger partial charge in [-0.2, -0.15) is 0 Å². The van der Waals surface area contributed by atoms with Crippen molar-refractivity contribution < 1.29 is 0 Å². The van der Waals surface area contributed by atoms with Crippen LogP contribution in [0.5, 0.6) is 0 Å². The molecule has 2 nitrogen and oxygen atoms in total. The van der Waals surface area contributed by atoms with Crippen LogP contribution in [0.25, 0.3) is 0 Å². The van der Waals surface area contributed by atoms with Gasteiger partial charge < -0.3 is 10.2 Å². The summed E-state index contributed by atoms with van der Waals surface area (Å²) >= 11 is 6.43. The number of halogens is 1. The third kappa shape index (κ3) is 3.58. The molecule has 0 heterocycles. The molecule has 0 unspecified atom stereocenters. The lowest BCUT2D eigenvalue weighted by atomic mass is 10.1. The van der Waals surface area contributed by atoms with Crippen LogP contribution in [-0.2, 0) is 6.54 Å². The number of para-hydroxylation sites is 1. The first kappa shape index (κ1) is 15.9. The highest BCUT2D eigenvalue weighted by Gasteiger charge is 2.15. The van der Waals surface area contributed by atoms with Gasteiger partial charge in [0.1, 0.15) is 0 Å². The first-order valence-corrected chi connectivity index (χ1v) is 7.88. The number of benzene rings is 2. The Morgan fingerprint density at radius 2 is 1.71 bits per heavy atom. The number of nitrogens with one attached hydrogen (secondary N) is 1. The SMILES string of the molecule is CCNCc1c(Cl)cccc1N(CC)c1ccccc1C. The van der Waals surface area contributed by atoms with Crippen molar-refractivity contribution in [3.63, 3.8) is 0 Å². The van der Waals surface area contributed by atoms with E-state index in [0.29, 0.717) is 0 Å². The predicted octanol–water partition coefficient (Wildman–Crippen LogP) is 4.92. The Bertz CT molecular complexity index is 596. The fraction of sp³-hybridized carbons (Fsp3) is 0.333. The van der Waals surface area contributed by atoms with E-state index in [1.54, 1.807) is 0 Å². The second kappa shape index (κ2) is 7.48. The molecule has 0 amide bonds. The standard InChI is InChI=1S/C18H23ClN2/c1-4-20-13-15-16(19)10-8-12-18(15)21(5-2)17-11-7-6-9-14(17)3/h6-12,20H,4-5,13H2,1-3H3. The number of aryl methyl sites for hydroxylation is 1. The van der Waals surface area contributed by atoms with Gasteiger partial charge in [0, 0.05) is 35.1 Å². The molecule has 0 saturated carbocycles. The van der Waals surface area contributed by atoms with Gasteiger partial charge in [0.2, 0.25) is 0 Å². The molecular weight excluding hydrogens is 280 g/mol. The Morgan fingerprint density at radius 3 is 2.38 bits per heavy atom. The van der Waals surface area contributed by atoms with Crippen LogP contribution in [0.3, 0.4) is 0 Å². The second-order valence-electron chi connectivity index (χ2n) is 5.05. The molecule has 0 fully saturated rings. The average molecular weight is 303 g/mol. The molecule has 2 rings (SSSR count). The van der Waals surface area contributed by atoms with Crippen molar-refractivity contribution in [2.75, 3.05) is 18.0 Å². The van der Waals surface area contributed by atoms with Crippen LogP contribution in [0, 0.1) is 6.92 Å². The van der Waals surface area contributed by atoms with Gasteiger partial charge in [-0.25, -0.2) is 0 Å². The van der Waals surface area contributed by atoms with Crippen molar-refractivity contribution in [2.45, 2.75) is 27.3 Å². The summed E-state index contributed by atoms with van der Waals surface area (Å²) in [6.07, 6.45) is 0. The zero-order chi connectivity index (χ0) is 15.2. The van der Waals surface area contributed by atoms with Gasteiger partial charge in [-0.15, -0.1) is 0 Å². The van der Waals surface area contributed by atoms with Gasteiger partial charge >= 0.3 is 0 Å². The monoisotopic (exact) mass is 302 g/mol. The number of hydrogen-bond donors (Lipinski definition) is 1. The molecule has 0 aliphatic rings. The fourth-order valence-electron chi connectivity index (χ4n) is 2.56. The molecule has 0 aromatic heterocycles. The Hall–Kier alpha value is -1.51. The third-order valence-corrected chi connectivity index (χ3v) is 4.01. The fourth-order valence-corrected chi connectivity index (χ4v) is 2.80. The first-order valence-electron chi connectivity index (χ1n) is 7.50. The summed E-state index contributed by atoms with van der Waals surface area (Å²) in [5.41, 5.74) is 4.85. The molecule has 0 atom stereocenters. The zero-order valence-electron chi connectivity index (χ0n) is 13.0. The molecule has 2 aromatic rings. The Labute approximate surface area is 132 Å². The highest BCUT2D eigenvalue weighted by Crippen LogP contribution is 2.33. The van der Waals surface area contributed by atoms with Crippen molar-refractivity contribution in [1.82, 2.24) is 5.32 Å². The molecule has 0 aliphatic carbocycles. The van der Waals surface area contributed by atoms with E-state index >= 15 is 0 Å². The normalized spacial score (nSPS) is 10.7. The van der Waals surface area contributed by atoms with Crippen LogP contribution in [0.15, 0.2) is 42.5 Å². The molecule has 0 saturated heterocycles. The average Bonchev–Trinajstić information content (AvgIpc) is 2.49. The van der Waals surface area contributed by atoms with Crippen LogP contribution in [-0.4, -0.2) is 13.1 Å². The van der Waals surface area contributed by atoms with Crippen molar-refractivity contribution in [3.8, 4) is 0 Å². The summed E-state index contributed by atoms with van der Waals surface area (Å²) < 4.78 is 0. The molecule has 2 aromatic carbocycles. The van der Waals surface area contributed by atoms with Crippen LogP contribution >= 0.6 is 11.6 Å². The van der Waals surface area contributed by atoms with Gasteiger partial charge in [-0.1, -0.05) is 42.8 Å². The van der Waals surface area contributed by atoms with Crippen molar-refractivity contribution in [2.24, 2.45) is 0 Å². The highest BCUT2D eigenvalue weighted by molar-refractivity contribution is 6.31. The van der Waals surface area contributed by atoms with Gasteiger partial charge in [0.05, 0.1) is 0 Å². The minimum Gasteiger partial charge on any atom is -0.341 e. The minimum atomic E-state index is 0.786. The lowest BCUT2D eigenvalue weighted by Gasteiger charge is -2.28. The van der Waals surface area contributed by atoms with E-state index in [1.807, 2.05) is 12.1 Å². The maximum absolute atomic E-state index is 6.43. The van der Waals surface area contributed by atoms with E-state index in [2.05, 4.69) is 61.3 Å². The number of nitrogens with zero attached hydrogens (tertiary/aromatic N) is 1. The van der Waals surface area contributed by atoms with Crippen LogP contribution in [0.1, 0.15) is 25.0 Å². The van der Waals surface area contributed by atoms with Gasteiger partial charge in [0.15, 0.2) is 0 Å². The minimum absolute atomic E-state index is 0.786. The van der Waals surface area contributed by atoms with E-state index in [1.165, 1.54) is 16.9 Å². The van der Waals surface area contributed by atoms with Gasteiger partial charge in [-0.3, -0.25) is 0 Å². The summed E-state index contributed by atoms with van der Waals surface area (Å²) in [4.78, 5) is 2.33. The van der Waals surface area contributed by atoms with Gasteiger partial charge in [0.25, 0.3) is 0 Å². The van der Waals surface area contributed by atoms with Crippen LogP contribution in [0.2, 0.25) is 5.02 Å². The molecular formula is C18H23ClN2. The van der Waals surface area contributed by atoms with Crippen LogP contribution in [0.4, 0.5) is 11.4 Å². The van der Waals surface area contributed by atoms with Crippen molar-refractivity contribution >= 4 is 23.0 Å². The first-order chi connectivity index (χ1) is 10.2. The predicted molar refractivity (Wildman–Crippen MR) is 92.7 cm³/mol. The maximum Gasteiger partial charge on any atom is 0.0471 e. The number of rotatable bonds is 6. The lowest BCUT2D eigenvalue weighted by molar-refractivity contribution is 0.725. The van der Waals surface area contributed by atoms with Crippen molar-refractivity contribution in [1.29, 1.82) is 0 Å². The Balaban J connectivity index is 2.47. The lowest BCUT2D eigenvalue weighted by Crippen LogP contribution is -2.21. The highest BCUT2D eigenvalue weighted by atomic mass is 35.5. The molecule has 1 N–H and O–H groups in total. The summed E-state index contributed by atoms with van der Waals surface area (Å²) in [6, 6.07) is 14.6. The maximum atomic E-state index is 6.43. The van der Waals surface area contributed by atoms with Gasteiger partial charge in [-0.05, 0) is 44.2 Å².